The number of halogens is 1. The van der Waals surface area contributed by atoms with Crippen LogP contribution in [0.3, 0.4) is 0 Å². The van der Waals surface area contributed by atoms with Crippen molar-refractivity contribution in [3.63, 3.8) is 0 Å². The van der Waals surface area contributed by atoms with Gasteiger partial charge in [0.1, 0.15) is 5.75 Å². The van der Waals surface area contributed by atoms with Gasteiger partial charge < -0.3 is 14.5 Å². The lowest BCUT2D eigenvalue weighted by Crippen LogP contribution is -2.06. The van der Waals surface area contributed by atoms with E-state index in [1.807, 2.05) is 12.1 Å². The molecule has 2 aromatic rings. The van der Waals surface area contributed by atoms with Crippen molar-refractivity contribution >= 4 is 5.97 Å². The Bertz CT molecular complexity index is 679. The first kappa shape index (κ1) is 20.0. The summed E-state index contributed by atoms with van der Waals surface area (Å²) in [7, 11) is 0. The molecule has 0 aliphatic rings. The largest absolute Gasteiger partial charge is 0.494 e. The van der Waals surface area contributed by atoms with E-state index >= 15 is 0 Å². The van der Waals surface area contributed by atoms with Gasteiger partial charge in [0.25, 0.3) is 0 Å². The molecular weight excluding hydrogens is 333 g/mol. The SMILES string of the molecule is CCCCCCCCOc1ccc(-c2c[nH]c(C(=O)OCC)c2F)cc1. The second-order valence-corrected chi connectivity index (χ2v) is 6.25. The van der Waals surface area contributed by atoms with Gasteiger partial charge in [-0.1, -0.05) is 51.2 Å². The van der Waals surface area contributed by atoms with Gasteiger partial charge in [0.2, 0.25) is 0 Å². The fourth-order valence-corrected chi connectivity index (χ4v) is 2.77. The van der Waals surface area contributed by atoms with Crippen molar-refractivity contribution in [2.75, 3.05) is 13.2 Å². The summed E-state index contributed by atoms with van der Waals surface area (Å²) in [5.41, 5.74) is 0.877. The molecule has 1 heterocycles. The minimum atomic E-state index is -0.685. The van der Waals surface area contributed by atoms with Crippen molar-refractivity contribution in [3.8, 4) is 16.9 Å². The van der Waals surface area contributed by atoms with E-state index in [0.29, 0.717) is 17.7 Å². The molecule has 0 fully saturated rings. The van der Waals surface area contributed by atoms with E-state index in [2.05, 4.69) is 11.9 Å². The zero-order valence-electron chi connectivity index (χ0n) is 15.6. The van der Waals surface area contributed by atoms with E-state index in [1.54, 1.807) is 19.1 Å². The molecule has 1 aromatic heterocycles. The normalized spacial score (nSPS) is 10.7. The summed E-state index contributed by atoms with van der Waals surface area (Å²) < 4.78 is 25.0. The second-order valence-electron chi connectivity index (χ2n) is 6.25. The third-order valence-corrected chi connectivity index (χ3v) is 4.23. The minimum Gasteiger partial charge on any atom is -0.494 e. The zero-order chi connectivity index (χ0) is 18.8. The standard InChI is InChI=1S/C21H28FNO3/c1-3-5-6-7-8-9-14-26-17-12-10-16(11-13-17)18-15-23-20(19(18)22)21(24)25-4-2/h10-13,15,23H,3-9,14H2,1-2H3. The second kappa shape index (κ2) is 10.6. The number of rotatable bonds is 11. The maximum Gasteiger partial charge on any atom is 0.357 e. The fraction of sp³-hybridized carbons (Fsp3) is 0.476. The molecule has 142 valence electrons. The van der Waals surface area contributed by atoms with Crippen LogP contribution < -0.4 is 4.74 Å². The average molecular weight is 361 g/mol. The summed E-state index contributed by atoms with van der Waals surface area (Å²) in [6.45, 7) is 4.79. The number of ether oxygens (including phenoxy) is 2. The third-order valence-electron chi connectivity index (χ3n) is 4.23. The lowest BCUT2D eigenvalue weighted by Gasteiger charge is -2.07. The van der Waals surface area contributed by atoms with Crippen molar-refractivity contribution in [2.45, 2.75) is 52.4 Å². The van der Waals surface area contributed by atoms with E-state index in [0.717, 1.165) is 12.2 Å². The zero-order valence-corrected chi connectivity index (χ0v) is 15.6. The molecule has 0 unspecified atom stereocenters. The van der Waals surface area contributed by atoms with Crippen LogP contribution >= 0.6 is 0 Å². The van der Waals surface area contributed by atoms with E-state index < -0.39 is 11.8 Å². The molecule has 0 aliphatic heterocycles. The Morgan fingerprint density at radius 2 is 1.73 bits per heavy atom. The van der Waals surface area contributed by atoms with Gasteiger partial charge >= 0.3 is 5.97 Å². The summed E-state index contributed by atoms with van der Waals surface area (Å²) in [6.07, 6.45) is 8.81. The molecule has 0 atom stereocenters. The van der Waals surface area contributed by atoms with Crippen LogP contribution in [0.15, 0.2) is 30.5 Å². The Hall–Kier alpha value is -2.30. The van der Waals surface area contributed by atoms with Crippen LogP contribution in [-0.4, -0.2) is 24.2 Å². The van der Waals surface area contributed by atoms with Crippen LogP contribution in [0.1, 0.15) is 62.9 Å². The Balaban J connectivity index is 1.86. The first-order valence-corrected chi connectivity index (χ1v) is 9.44. The maximum absolute atomic E-state index is 14.4. The van der Waals surface area contributed by atoms with Gasteiger partial charge in [-0.05, 0) is 31.0 Å². The van der Waals surface area contributed by atoms with Crippen molar-refractivity contribution in [1.29, 1.82) is 0 Å². The summed E-state index contributed by atoms with van der Waals surface area (Å²) in [4.78, 5) is 14.3. The smallest absolute Gasteiger partial charge is 0.357 e. The van der Waals surface area contributed by atoms with Gasteiger partial charge in [-0.3, -0.25) is 0 Å². The quantitative estimate of drug-likeness (QED) is 0.410. The number of unbranched alkanes of at least 4 members (excludes halogenated alkanes) is 5. The summed E-state index contributed by atoms with van der Waals surface area (Å²) in [5, 5.41) is 0. The molecule has 4 nitrogen and oxygen atoms in total. The highest BCUT2D eigenvalue weighted by molar-refractivity contribution is 5.90. The van der Waals surface area contributed by atoms with Gasteiger partial charge in [0.15, 0.2) is 11.5 Å². The van der Waals surface area contributed by atoms with Gasteiger partial charge in [-0.25, -0.2) is 9.18 Å². The molecule has 0 radical (unpaired) electrons. The van der Waals surface area contributed by atoms with Crippen molar-refractivity contribution in [1.82, 2.24) is 4.98 Å². The number of H-pyrrole nitrogens is 1. The van der Waals surface area contributed by atoms with Gasteiger partial charge in [0.05, 0.1) is 13.2 Å². The predicted molar refractivity (Wildman–Crippen MR) is 101 cm³/mol. The lowest BCUT2D eigenvalue weighted by molar-refractivity contribution is 0.0515. The molecule has 0 aliphatic carbocycles. The number of carbonyl (C=O) groups excluding carboxylic acids is 1. The van der Waals surface area contributed by atoms with Crippen LogP contribution in [-0.2, 0) is 4.74 Å². The minimum absolute atomic E-state index is 0.148. The van der Waals surface area contributed by atoms with Crippen molar-refractivity contribution in [3.05, 3.63) is 42.0 Å². The van der Waals surface area contributed by atoms with Crippen LogP contribution in [0.2, 0.25) is 0 Å². The highest BCUT2D eigenvalue weighted by Gasteiger charge is 2.19. The maximum atomic E-state index is 14.4. The number of esters is 1. The van der Waals surface area contributed by atoms with E-state index in [9.17, 15) is 9.18 Å². The third kappa shape index (κ3) is 5.61. The van der Waals surface area contributed by atoms with Gasteiger partial charge in [-0.15, -0.1) is 0 Å². The number of carbonyl (C=O) groups is 1. The summed E-state index contributed by atoms with van der Waals surface area (Å²) in [6, 6.07) is 7.22. The number of aromatic amines is 1. The molecule has 2 rings (SSSR count). The van der Waals surface area contributed by atoms with Crippen molar-refractivity contribution < 1.29 is 18.7 Å². The molecule has 5 heteroatoms. The Morgan fingerprint density at radius 3 is 2.42 bits per heavy atom. The van der Waals surface area contributed by atoms with E-state index in [-0.39, 0.29) is 12.3 Å². The topological polar surface area (TPSA) is 51.3 Å². The van der Waals surface area contributed by atoms with E-state index in [1.165, 1.54) is 38.3 Å². The molecule has 0 bridgehead atoms. The first-order chi connectivity index (χ1) is 12.7. The molecule has 1 aromatic carbocycles. The molecule has 0 saturated carbocycles. The lowest BCUT2D eigenvalue weighted by atomic mass is 10.1. The average Bonchev–Trinajstić information content (AvgIpc) is 3.03. The van der Waals surface area contributed by atoms with Crippen LogP contribution in [0.4, 0.5) is 4.39 Å². The molecular formula is C21H28FNO3. The van der Waals surface area contributed by atoms with Crippen molar-refractivity contribution in [2.24, 2.45) is 0 Å². The number of hydrogen-bond donors (Lipinski definition) is 1. The first-order valence-electron chi connectivity index (χ1n) is 9.44. The fourth-order valence-electron chi connectivity index (χ4n) is 2.77. The summed E-state index contributed by atoms with van der Waals surface area (Å²) >= 11 is 0. The molecule has 26 heavy (non-hydrogen) atoms. The van der Waals surface area contributed by atoms with Crippen LogP contribution in [0, 0.1) is 5.82 Å². The number of nitrogens with one attached hydrogen (secondary N) is 1. The Labute approximate surface area is 154 Å². The van der Waals surface area contributed by atoms with Crippen LogP contribution in [0.25, 0.3) is 11.1 Å². The van der Waals surface area contributed by atoms with Gasteiger partial charge in [-0.2, -0.15) is 0 Å². The van der Waals surface area contributed by atoms with E-state index in [4.69, 9.17) is 9.47 Å². The Morgan fingerprint density at radius 1 is 1.04 bits per heavy atom. The highest BCUT2D eigenvalue weighted by Crippen LogP contribution is 2.27. The monoisotopic (exact) mass is 361 g/mol. The molecule has 1 N–H and O–H groups in total. The molecule has 0 amide bonds. The summed E-state index contributed by atoms with van der Waals surface area (Å²) in [5.74, 6) is -0.511. The van der Waals surface area contributed by atoms with Crippen LogP contribution in [0.5, 0.6) is 5.75 Å². The highest BCUT2D eigenvalue weighted by atomic mass is 19.1. The molecule has 0 saturated heterocycles. The number of hydrogen-bond acceptors (Lipinski definition) is 3. The molecule has 0 spiro atoms. The number of aromatic nitrogens is 1. The number of benzene rings is 1. The van der Waals surface area contributed by atoms with Gasteiger partial charge in [0, 0.05) is 11.8 Å². The Kier molecular flexibility index (Phi) is 8.19. The predicted octanol–water partition coefficient (Wildman–Crippen LogP) is 5.74.